The SMILES string of the molecule is C(#Cc1ccc(-c2c(-c3ccccc3)c(-c3ccccc3)c(-c3ccccc3)c(-c3ccccc3)c2-c2ccccc2)cc1)c1ccccc1. The van der Waals surface area contributed by atoms with Crippen LogP contribution in [0.5, 0.6) is 0 Å². The van der Waals surface area contributed by atoms with Crippen LogP contribution < -0.4 is 0 Å². The van der Waals surface area contributed by atoms with Crippen molar-refractivity contribution in [2.75, 3.05) is 0 Å². The van der Waals surface area contributed by atoms with Gasteiger partial charge in [0.05, 0.1) is 0 Å². The normalized spacial score (nSPS) is 10.6. The van der Waals surface area contributed by atoms with Crippen molar-refractivity contribution in [1.29, 1.82) is 0 Å². The van der Waals surface area contributed by atoms with Gasteiger partial charge in [0.1, 0.15) is 0 Å². The average molecular weight is 635 g/mol. The van der Waals surface area contributed by atoms with Gasteiger partial charge in [-0.25, -0.2) is 0 Å². The maximum Gasteiger partial charge on any atom is 0.0249 e. The van der Waals surface area contributed by atoms with E-state index in [0.29, 0.717) is 0 Å². The van der Waals surface area contributed by atoms with Gasteiger partial charge in [0.15, 0.2) is 0 Å². The van der Waals surface area contributed by atoms with E-state index in [-0.39, 0.29) is 0 Å². The van der Waals surface area contributed by atoms with E-state index in [4.69, 9.17) is 0 Å². The molecule has 0 aromatic heterocycles. The summed E-state index contributed by atoms with van der Waals surface area (Å²) in [6, 6.07) is 73.4. The second-order valence-corrected chi connectivity index (χ2v) is 12.3. The summed E-state index contributed by atoms with van der Waals surface area (Å²) in [4.78, 5) is 0. The molecular weight excluding hydrogens is 601 g/mol. The van der Waals surface area contributed by atoms with Crippen LogP contribution in [0, 0.1) is 11.8 Å². The van der Waals surface area contributed by atoms with Gasteiger partial charge in [0, 0.05) is 11.1 Å². The maximum atomic E-state index is 3.39. The zero-order chi connectivity index (χ0) is 33.5. The molecule has 0 radical (unpaired) electrons. The van der Waals surface area contributed by atoms with Gasteiger partial charge in [0.2, 0.25) is 0 Å². The molecule has 0 unspecified atom stereocenters. The van der Waals surface area contributed by atoms with E-state index in [2.05, 4.69) is 188 Å². The van der Waals surface area contributed by atoms with Crippen molar-refractivity contribution in [2.45, 2.75) is 0 Å². The third-order valence-corrected chi connectivity index (χ3v) is 9.11. The molecule has 8 aromatic rings. The molecule has 0 N–H and O–H groups in total. The fourth-order valence-corrected chi connectivity index (χ4v) is 6.89. The van der Waals surface area contributed by atoms with E-state index in [1.807, 2.05) is 30.3 Å². The van der Waals surface area contributed by atoms with Crippen LogP contribution in [-0.2, 0) is 0 Å². The predicted octanol–water partition coefficient (Wildman–Crippen LogP) is 13.1. The Morgan fingerprint density at radius 3 is 0.640 bits per heavy atom. The Morgan fingerprint density at radius 2 is 0.380 bits per heavy atom. The lowest BCUT2D eigenvalue weighted by atomic mass is 9.74. The molecule has 8 rings (SSSR count). The van der Waals surface area contributed by atoms with E-state index < -0.39 is 0 Å². The quantitative estimate of drug-likeness (QED) is 0.160. The van der Waals surface area contributed by atoms with Crippen molar-refractivity contribution < 1.29 is 0 Å². The van der Waals surface area contributed by atoms with Crippen molar-refractivity contribution in [3.63, 3.8) is 0 Å². The lowest BCUT2D eigenvalue weighted by Crippen LogP contribution is -2.02. The van der Waals surface area contributed by atoms with E-state index >= 15 is 0 Å². The number of hydrogen-bond donors (Lipinski definition) is 0. The minimum absolute atomic E-state index is 0.979. The monoisotopic (exact) mass is 634 g/mol. The number of rotatable bonds is 6. The molecule has 0 aliphatic carbocycles. The minimum atomic E-state index is 0.979. The van der Waals surface area contributed by atoms with Crippen LogP contribution in [-0.4, -0.2) is 0 Å². The summed E-state index contributed by atoms with van der Waals surface area (Å²) >= 11 is 0. The first-order chi connectivity index (χ1) is 24.8. The summed E-state index contributed by atoms with van der Waals surface area (Å²) in [5, 5.41) is 0. The largest absolute Gasteiger partial charge is 0.0622 e. The molecule has 0 spiro atoms. The summed E-state index contributed by atoms with van der Waals surface area (Å²) < 4.78 is 0. The minimum Gasteiger partial charge on any atom is -0.0622 e. The molecule has 0 aliphatic rings. The lowest BCUT2D eigenvalue weighted by molar-refractivity contribution is 1.51. The predicted molar refractivity (Wildman–Crippen MR) is 211 cm³/mol. The van der Waals surface area contributed by atoms with Crippen LogP contribution in [0.3, 0.4) is 0 Å². The molecule has 0 bridgehead atoms. The Bertz CT molecular complexity index is 2300. The number of hydrogen-bond acceptors (Lipinski definition) is 0. The Hall–Kier alpha value is -6.68. The molecule has 0 heteroatoms. The molecule has 0 fully saturated rings. The first-order valence-electron chi connectivity index (χ1n) is 17.0. The van der Waals surface area contributed by atoms with E-state index in [1.54, 1.807) is 0 Å². The fourth-order valence-electron chi connectivity index (χ4n) is 6.89. The van der Waals surface area contributed by atoms with Gasteiger partial charge in [-0.1, -0.05) is 194 Å². The van der Waals surface area contributed by atoms with Gasteiger partial charge in [-0.15, -0.1) is 0 Å². The highest BCUT2D eigenvalue weighted by molar-refractivity contribution is 6.15. The molecule has 8 aromatic carbocycles. The Morgan fingerprint density at radius 1 is 0.180 bits per heavy atom. The van der Waals surface area contributed by atoms with Gasteiger partial charge in [0.25, 0.3) is 0 Å². The molecule has 50 heavy (non-hydrogen) atoms. The lowest BCUT2D eigenvalue weighted by Gasteiger charge is -2.28. The molecule has 0 heterocycles. The molecule has 0 saturated carbocycles. The molecule has 234 valence electrons. The summed E-state index contributed by atoms with van der Waals surface area (Å²) in [6.45, 7) is 0. The Kier molecular flexibility index (Phi) is 8.71. The van der Waals surface area contributed by atoms with Gasteiger partial charge < -0.3 is 0 Å². The van der Waals surface area contributed by atoms with E-state index in [1.165, 1.54) is 61.2 Å². The summed E-state index contributed by atoms with van der Waals surface area (Å²) in [7, 11) is 0. The second-order valence-electron chi connectivity index (χ2n) is 12.3. The highest BCUT2D eigenvalue weighted by atomic mass is 14.3. The van der Waals surface area contributed by atoms with E-state index in [0.717, 1.165) is 16.7 Å². The van der Waals surface area contributed by atoms with Crippen LogP contribution in [0.4, 0.5) is 0 Å². The molecule has 0 nitrogen and oxygen atoms in total. The van der Waals surface area contributed by atoms with E-state index in [9.17, 15) is 0 Å². The van der Waals surface area contributed by atoms with Crippen molar-refractivity contribution in [3.05, 3.63) is 217 Å². The summed E-state index contributed by atoms with van der Waals surface area (Å²) in [5.74, 6) is 6.72. The Labute approximate surface area is 295 Å². The van der Waals surface area contributed by atoms with Crippen molar-refractivity contribution >= 4 is 0 Å². The third-order valence-electron chi connectivity index (χ3n) is 9.11. The topological polar surface area (TPSA) is 0 Å². The molecule has 0 atom stereocenters. The highest BCUT2D eigenvalue weighted by Crippen LogP contribution is 2.55. The standard InChI is InChI=1S/C50H34/c1-7-19-37(20-8-1)31-32-38-33-35-44(36-34-38)50-48(42-27-15-5-16-28-42)46(40-23-11-3-12-24-40)45(39-21-9-2-10-22-39)47(41-25-13-4-14-26-41)49(50)43-29-17-6-18-30-43/h1-30,33-36H. The van der Waals surface area contributed by atoms with Crippen LogP contribution in [0.1, 0.15) is 11.1 Å². The summed E-state index contributed by atoms with van der Waals surface area (Å²) in [6.07, 6.45) is 0. The molecule has 0 amide bonds. The van der Waals surface area contributed by atoms with Crippen LogP contribution in [0.2, 0.25) is 0 Å². The fraction of sp³-hybridized carbons (Fsp3) is 0. The summed E-state index contributed by atoms with van der Waals surface area (Å²) in [5.41, 5.74) is 16.2. The first-order valence-corrected chi connectivity index (χ1v) is 17.0. The van der Waals surface area contributed by atoms with Gasteiger partial charge >= 0.3 is 0 Å². The maximum absolute atomic E-state index is 3.39. The van der Waals surface area contributed by atoms with Crippen LogP contribution >= 0.6 is 0 Å². The third kappa shape index (κ3) is 6.17. The molecule has 0 saturated heterocycles. The highest BCUT2D eigenvalue weighted by Gasteiger charge is 2.28. The number of benzene rings is 8. The average Bonchev–Trinajstić information content (AvgIpc) is 3.21. The Balaban J connectivity index is 1.55. The van der Waals surface area contributed by atoms with Gasteiger partial charge in [-0.3, -0.25) is 0 Å². The van der Waals surface area contributed by atoms with Crippen LogP contribution in [0.15, 0.2) is 206 Å². The second kappa shape index (κ2) is 14.2. The zero-order valence-corrected chi connectivity index (χ0v) is 27.6. The van der Waals surface area contributed by atoms with Crippen molar-refractivity contribution in [3.8, 4) is 78.6 Å². The molecule has 0 aliphatic heterocycles. The molecular formula is C50H34. The zero-order valence-electron chi connectivity index (χ0n) is 27.6. The van der Waals surface area contributed by atoms with Crippen LogP contribution in [0.25, 0.3) is 66.8 Å². The van der Waals surface area contributed by atoms with Gasteiger partial charge in [-0.05, 0) is 91.0 Å². The first kappa shape index (κ1) is 30.6. The van der Waals surface area contributed by atoms with Crippen molar-refractivity contribution in [2.24, 2.45) is 0 Å². The van der Waals surface area contributed by atoms with Gasteiger partial charge in [-0.2, -0.15) is 0 Å². The smallest absolute Gasteiger partial charge is 0.0249 e. The van der Waals surface area contributed by atoms with Crippen molar-refractivity contribution in [1.82, 2.24) is 0 Å².